The van der Waals surface area contributed by atoms with Crippen LogP contribution in [0.15, 0.2) is 30.6 Å². The van der Waals surface area contributed by atoms with Gasteiger partial charge in [-0.1, -0.05) is 24.6 Å². The Balaban J connectivity index is 1.61. The first kappa shape index (κ1) is 17.8. The predicted molar refractivity (Wildman–Crippen MR) is 98.1 cm³/mol. The van der Waals surface area contributed by atoms with Gasteiger partial charge < -0.3 is 14.2 Å². The van der Waals surface area contributed by atoms with Gasteiger partial charge in [0.25, 0.3) is 5.91 Å². The Labute approximate surface area is 153 Å². The van der Waals surface area contributed by atoms with Crippen LogP contribution in [0.25, 0.3) is 0 Å². The lowest BCUT2D eigenvalue weighted by atomic mass is 10.1. The Bertz CT molecular complexity index is 744. The average Bonchev–Trinajstić information content (AvgIpc) is 3.11. The molecule has 1 aliphatic heterocycles. The van der Waals surface area contributed by atoms with Gasteiger partial charge in [-0.15, -0.1) is 0 Å². The number of rotatable bonds is 5. The van der Waals surface area contributed by atoms with Gasteiger partial charge in [0.2, 0.25) is 0 Å². The zero-order valence-electron chi connectivity index (χ0n) is 14.7. The second kappa shape index (κ2) is 7.91. The zero-order valence-corrected chi connectivity index (χ0v) is 15.5. The molecule has 0 saturated carbocycles. The number of ether oxygens (including phenoxy) is 1. The highest BCUT2D eigenvalue weighted by atomic mass is 35.5. The lowest BCUT2D eigenvalue weighted by Crippen LogP contribution is -2.43. The van der Waals surface area contributed by atoms with Crippen LogP contribution in [0.4, 0.5) is 0 Å². The van der Waals surface area contributed by atoms with Crippen molar-refractivity contribution in [2.75, 3.05) is 19.7 Å². The normalized spacial score (nSPS) is 17.6. The molecule has 2 heterocycles. The molecule has 2 aromatic rings. The van der Waals surface area contributed by atoms with Crippen molar-refractivity contribution in [2.24, 2.45) is 0 Å². The van der Waals surface area contributed by atoms with Crippen molar-refractivity contribution in [1.29, 1.82) is 0 Å². The fourth-order valence-electron chi connectivity index (χ4n) is 3.33. The van der Waals surface area contributed by atoms with E-state index in [1.54, 1.807) is 0 Å². The molecule has 1 fully saturated rings. The Hall–Kier alpha value is -2.01. The van der Waals surface area contributed by atoms with Crippen molar-refractivity contribution in [1.82, 2.24) is 14.5 Å². The van der Waals surface area contributed by atoms with E-state index < -0.39 is 0 Å². The molecule has 0 spiro atoms. The van der Waals surface area contributed by atoms with Gasteiger partial charge in [-0.3, -0.25) is 4.79 Å². The van der Waals surface area contributed by atoms with Crippen molar-refractivity contribution in [3.8, 4) is 5.75 Å². The van der Waals surface area contributed by atoms with Crippen molar-refractivity contribution >= 4 is 17.5 Å². The Morgan fingerprint density at radius 2 is 2.28 bits per heavy atom. The van der Waals surface area contributed by atoms with Crippen LogP contribution in [0.5, 0.6) is 5.75 Å². The minimum atomic E-state index is 0.0160. The van der Waals surface area contributed by atoms with Gasteiger partial charge in [0.15, 0.2) is 6.61 Å². The number of carbonyl (C=O) groups is 1. The highest BCUT2D eigenvalue weighted by Crippen LogP contribution is 2.26. The first-order valence-electron chi connectivity index (χ1n) is 8.77. The summed E-state index contributed by atoms with van der Waals surface area (Å²) in [6.45, 7) is 5.53. The molecule has 134 valence electrons. The summed E-state index contributed by atoms with van der Waals surface area (Å²) in [5.41, 5.74) is 0.861. The monoisotopic (exact) mass is 361 g/mol. The summed E-state index contributed by atoms with van der Waals surface area (Å²) in [6.07, 6.45) is 6.82. The van der Waals surface area contributed by atoms with E-state index in [4.69, 9.17) is 16.3 Å². The summed E-state index contributed by atoms with van der Waals surface area (Å²) in [6, 6.07) is 5.78. The van der Waals surface area contributed by atoms with E-state index in [2.05, 4.69) is 16.5 Å². The minimum Gasteiger partial charge on any atom is -0.483 e. The van der Waals surface area contributed by atoms with Gasteiger partial charge in [-0.25, -0.2) is 4.98 Å². The molecular weight excluding hydrogens is 338 g/mol. The lowest BCUT2D eigenvalue weighted by Gasteiger charge is -2.34. The van der Waals surface area contributed by atoms with E-state index in [-0.39, 0.29) is 12.5 Å². The Morgan fingerprint density at radius 1 is 1.44 bits per heavy atom. The van der Waals surface area contributed by atoms with Crippen LogP contribution in [0.3, 0.4) is 0 Å². The van der Waals surface area contributed by atoms with Crippen molar-refractivity contribution in [3.63, 3.8) is 0 Å². The first-order chi connectivity index (χ1) is 12.1. The number of aromatic nitrogens is 2. The van der Waals surface area contributed by atoms with Gasteiger partial charge in [-0.05, 0) is 31.9 Å². The maximum atomic E-state index is 12.6. The third kappa shape index (κ3) is 3.98. The van der Waals surface area contributed by atoms with Gasteiger partial charge in [0.1, 0.15) is 11.6 Å². The molecule has 6 heteroatoms. The number of likely N-dealkylation sites (tertiary alicyclic amines) is 1. The van der Waals surface area contributed by atoms with E-state index in [0.29, 0.717) is 23.4 Å². The lowest BCUT2D eigenvalue weighted by molar-refractivity contribution is -0.135. The number of hydrogen-bond donors (Lipinski definition) is 0. The maximum Gasteiger partial charge on any atom is 0.260 e. The molecule has 1 aliphatic rings. The van der Waals surface area contributed by atoms with Crippen LogP contribution in [0.1, 0.15) is 37.2 Å². The third-order valence-corrected chi connectivity index (χ3v) is 5.19. The molecule has 1 aromatic carbocycles. The van der Waals surface area contributed by atoms with E-state index >= 15 is 0 Å². The molecule has 0 bridgehead atoms. The molecule has 1 saturated heterocycles. The van der Waals surface area contributed by atoms with Crippen LogP contribution in [-0.4, -0.2) is 40.1 Å². The van der Waals surface area contributed by atoms with E-state index in [0.717, 1.165) is 37.2 Å². The smallest absolute Gasteiger partial charge is 0.260 e. The van der Waals surface area contributed by atoms with Crippen LogP contribution in [-0.2, 0) is 11.2 Å². The van der Waals surface area contributed by atoms with E-state index in [9.17, 15) is 4.79 Å². The number of amides is 1. The average molecular weight is 362 g/mol. The third-order valence-electron chi connectivity index (χ3n) is 4.78. The number of imidazole rings is 1. The minimum absolute atomic E-state index is 0.0160. The van der Waals surface area contributed by atoms with Gasteiger partial charge in [0.05, 0.1) is 6.04 Å². The quantitative estimate of drug-likeness (QED) is 0.816. The summed E-state index contributed by atoms with van der Waals surface area (Å²) < 4.78 is 7.92. The molecule has 1 aromatic heterocycles. The molecule has 1 amide bonds. The zero-order chi connectivity index (χ0) is 17.8. The molecule has 5 nitrogen and oxygen atoms in total. The SMILES string of the molecule is CCc1nccn1C1CCCN(C(=O)COc2cccc(Cl)c2C)C1. The Kier molecular flexibility index (Phi) is 5.63. The van der Waals surface area contributed by atoms with Crippen molar-refractivity contribution in [2.45, 2.75) is 39.2 Å². The Morgan fingerprint density at radius 3 is 3.08 bits per heavy atom. The number of benzene rings is 1. The number of carbonyl (C=O) groups excluding carboxylic acids is 1. The topological polar surface area (TPSA) is 47.4 Å². The molecule has 25 heavy (non-hydrogen) atoms. The maximum absolute atomic E-state index is 12.6. The predicted octanol–water partition coefficient (Wildman–Crippen LogP) is 3.65. The van der Waals surface area contributed by atoms with Crippen LogP contribution in [0, 0.1) is 6.92 Å². The number of halogens is 1. The number of piperidine rings is 1. The van der Waals surface area contributed by atoms with Gasteiger partial charge >= 0.3 is 0 Å². The van der Waals surface area contributed by atoms with Gasteiger partial charge in [0, 0.05) is 42.5 Å². The fraction of sp³-hybridized carbons (Fsp3) is 0.474. The summed E-state index contributed by atoms with van der Waals surface area (Å²) in [5, 5.41) is 0.648. The molecule has 0 N–H and O–H groups in total. The summed E-state index contributed by atoms with van der Waals surface area (Å²) in [4.78, 5) is 18.9. The second-order valence-electron chi connectivity index (χ2n) is 6.39. The van der Waals surface area contributed by atoms with Crippen LogP contribution >= 0.6 is 11.6 Å². The number of nitrogens with zero attached hydrogens (tertiary/aromatic N) is 3. The highest BCUT2D eigenvalue weighted by Gasteiger charge is 2.26. The van der Waals surface area contributed by atoms with E-state index in [1.165, 1.54) is 0 Å². The summed E-state index contributed by atoms with van der Waals surface area (Å²) in [5.74, 6) is 1.75. The molecule has 1 atom stereocenters. The molecule has 1 unspecified atom stereocenters. The number of aryl methyl sites for hydroxylation is 1. The van der Waals surface area contributed by atoms with E-state index in [1.807, 2.05) is 42.4 Å². The van der Waals surface area contributed by atoms with Crippen molar-refractivity contribution in [3.05, 3.63) is 47.0 Å². The highest BCUT2D eigenvalue weighted by molar-refractivity contribution is 6.31. The van der Waals surface area contributed by atoms with Crippen LogP contribution in [0.2, 0.25) is 5.02 Å². The summed E-state index contributed by atoms with van der Waals surface area (Å²) >= 11 is 6.10. The summed E-state index contributed by atoms with van der Waals surface area (Å²) in [7, 11) is 0. The van der Waals surface area contributed by atoms with Crippen molar-refractivity contribution < 1.29 is 9.53 Å². The molecule has 0 radical (unpaired) electrons. The molecular formula is C19H24ClN3O2. The fourth-order valence-corrected chi connectivity index (χ4v) is 3.50. The standard InChI is InChI=1S/C19H24ClN3O2/c1-3-18-21-9-11-23(18)15-6-5-10-22(12-15)19(24)13-25-17-8-4-7-16(20)14(17)2/h4,7-9,11,15H,3,5-6,10,12-13H2,1-2H3. The number of hydrogen-bond acceptors (Lipinski definition) is 3. The molecule has 3 rings (SSSR count). The van der Waals surface area contributed by atoms with Gasteiger partial charge in [-0.2, -0.15) is 0 Å². The first-order valence-corrected chi connectivity index (χ1v) is 9.15. The largest absolute Gasteiger partial charge is 0.483 e. The van der Waals surface area contributed by atoms with Crippen LogP contribution < -0.4 is 4.74 Å². The molecule has 0 aliphatic carbocycles. The second-order valence-corrected chi connectivity index (χ2v) is 6.80.